The molecule has 0 unspecified atom stereocenters. The molecule has 2 fully saturated rings. The second-order valence-electron chi connectivity index (χ2n) is 9.67. The standard InChI is InChI=1S/C26H32N4O6S/c1-18-13-22-23(36-17-25(31)27-22)15-24(18)37(33,34)30-8-4-5-19(16-30)26(32)29-11-9-28(10-12-29)20-6-3-7-21(14-20)35-2/h3,6-7,13-15,19H,4-5,8-12,16-17H2,1-2H3,(H,27,31)/t19-/m1/s1. The van der Waals surface area contributed by atoms with Gasteiger partial charge in [-0.15, -0.1) is 0 Å². The fraction of sp³-hybridized carbons (Fsp3) is 0.462. The van der Waals surface area contributed by atoms with Crippen LogP contribution in [0.25, 0.3) is 0 Å². The third-order valence-corrected chi connectivity index (χ3v) is 9.28. The zero-order valence-corrected chi connectivity index (χ0v) is 21.9. The summed E-state index contributed by atoms with van der Waals surface area (Å²) in [7, 11) is -2.20. The molecule has 2 aromatic carbocycles. The van der Waals surface area contributed by atoms with Crippen molar-refractivity contribution in [3.05, 3.63) is 42.0 Å². The van der Waals surface area contributed by atoms with Crippen LogP contribution >= 0.6 is 0 Å². The molecule has 0 saturated carbocycles. The maximum atomic E-state index is 13.6. The minimum absolute atomic E-state index is 0.0124. The normalized spacial score (nSPS) is 20.6. The quantitative estimate of drug-likeness (QED) is 0.633. The lowest BCUT2D eigenvalue weighted by Gasteiger charge is -2.39. The Balaban J connectivity index is 1.25. The van der Waals surface area contributed by atoms with Gasteiger partial charge in [0.1, 0.15) is 11.5 Å². The van der Waals surface area contributed by atoms with Crippen molar-refractivity contribution in [3.8, 4) is 11.5 Å². The Morgan fingerprint density at radius 1 is 1.11 bits per heavy atom. The van der Waals surface area contributed by atoms with Crippen molar-refractivity contribution in [3.63, 3.8) is 0 Å². The minimum atomic E-state index is -3.84. The fourth-order valence-electron chi connectivity index (χ4n) is 5.25. The van der Waals surface area contributed by atoms with Crippen LogP contribution in [0.3, 0.4) is 0 Å². The number of rotatable bonds is 5. The van der Waals surface area contributed by atoms with E-state index >= 15 is 0 Å². The summed E-state index contributed by atoms with van der Waals surface area (Å²) in [5.74, 6) is 0.496. The summed E-state index contributed by atoms with van der Waals surface area (Å²) >= 11 is 0. The van der Waals surface area contributed by atoms with Gasteiger partial charge in [0.05, 0.1) is 23.6 Å². The zero-order chi connectivity index (χ0) is 26.2. The zero-order valence-electron chi connectivity index (χ0n) is 21.1. The van der Waals surface area contributed by atoms with Gasteiger partial charge in [-0.2, -0.15) is 4.31 Å². The Labute approximate surface area is 217 Å². The van der Waals surface area contributed by atoms with Crippen LogP contribution in [0.1, 0.15) is 18.4 Å². The molecule has 198 valence electrons. The number of anilines is 2. The molecule has 2 aromatic rings. The number of sulfonamides is 1. The highest BCUT2D eigenvalue weighted by Gasteiger charge is 2.37. The number of benzene rings is 2. The second kappa shape index (κ2) is 10.2. The lowest BCUT2D eigenvalue weighted by molar-refractivity contribution is -0.137. The molecule has 3 aliphatic rings. The molecule has 3 heterocycles. The average molecular weight is 529 g/mol. The Hall–Kier alpha value is -3.31. The number of piperazine rings is 1. The molecular formula is C26H32N4O6S. The van der Waals surface area contributed by atoms with Gasteiger partial charge in [0.15, 0.2) is 6.61 Å². The van der Waals surface area contributed by atoms with E-state index in [0.29, 0.717) is 62.6 Å². The summed E-state index contributed by atoms with van der Waals surface area (Å²) in [6, 6.07) is 11.0. The van der Waals surface area contributed by atoms with Gasteiger partial charge in [0, 0.05) is 57.1 Å². The van der Waals surface area contributed by atoms with Crippen LogP contribution in [-0.2, 0) is 19.6 Å². The Kier molecular flexibility index (Phi) is 7.00. The highest BCUT2D eigenvalue weighted by atomic mass is 32.2. The first kappa shape index (κ1) is 25.3. The third-order valence-electron chi connectivity index (χ3n) is 7.27. The number of ether oxygens (including phenoxy) is 2. The predicted molar refractivity (Wildman–Crippen MR) is 139 cm³/mol. The number of nitrogens with one attached hydrogen (secondary N) is 1. The van der Waals surface area contributed by atoms with E-state index in [4.69, 9.17) is 9.47 Å². The summed E-state index contributed by atoms with van der Waals surface area (Å²) < 4.78 is 39.4. The van der Waals surface area contributed by atoms with Gasteiger partial charge in [-0.1, -0.05) is 6.07 Å². The Morgan fingerprint density at radius 2 is 1.89 bits per heavy atom. The van der Waals surface area contributed by atoms with E-state index in [2.05, 4.69) is 10.2 Å². The predicted octanol–water partition coefficient (Wildman–Crippen LogP) is 2.08. The van der Waals surface area contributed by atoms with Gasteiger partial charge in [0.25, 0.3) is 5.91 Å². The van der Waals surface area contributed by atoms with E-state index < -0.39 is 10.0 Å². The highest BCUT2D eigenvalue weighted by Crippen LogP contribution is 2.35. The molecule has 1 N–H and O–H groups in total. The van der Waals surface area contributed by atoms with Crippen molar-refractivity contribution in [1.29, 1.82) is 0 Å². The van der Waals surface area contributed by atoms with Crippen LogP contribution in [0.4, 0.5) is 11.4 Å². The van der Waals surface area contributed by atoms with Gasteiger partial charge in [-0.25, -0.2) is 8.42 Å². The fourth-order valence-corrected chi connectivity index (χ4v) is 6.99. The van der Waals surface area contributed by atoms with Gasteiger partial charge in [0.2, 0.25) is 15.9 Å². The van der Waals surface area contributed by atoms with Gasteiger partial charge in [-0.05, 0) is 43.5 Å². The van der Waals surface area contributed by atoms with Crippen molar-refractivity contribution in [2.75, 3.05) is 63.2 Å². The van der Waals surface area contributed by atoms with Crippen LogP contribution in [0.5, 0.6) is 11.5 Å². The van der Waals surface area contributed by atoms with Crippen LogP contribution < -0.4 is 19.7 Å². The molecule has 11 heteroatoms. The number of fused-ring (bicyclic) bond motifs is 1. The number of carbonyl (C=O) groups excluding carboxylic acids is 2. The topological polar surface area (TPSA) is 108 Å². The molecule has 10 nitrogen and oxygen atoms in total. The molecule has 1 atom stereocenters. The average Bonchev–Trinajstić information content (AvgIpc) is 2.92. The van der Waals surface area contributed by atoms with Crippen molar-refractivity contribution >= 4 is 33.2 Å². The first-order valence-electron chi connectivity index (χ1n) is 12.5. The third kappa shape index (κ3) is 5.10. The molecule has 3 aliphatic heterocycles. The summed E-state index contributed by atoms with van der Waals surface area (Å²) in [5, 5.41) is 2.70. The molecule has 0 spiro atoms. The number of hydrogen-bond acceptors (Lipinski definition) is 7. The number of carbonyl (C=O) groups is 2. The smallest absolute Gasteiger partial charge is 0.262 e. The van der Waals surface area contributed by atoms with E-state index in [9.17, 15) is 18.0 Å². The maximum absolute atomic E-state index is 13.6. The van der Waals surface area contributed by atoms with E-state index in [1.807, 2.05) is 29.2 Å². The van der Waals surface area contributed by atoms with E-state index in [1.165, 1.54) is 10.4 Å². The van der Waals surface area contributed by atoms with Gasteiger partial charge >= 0.3 is 0 Å². The maximum Gasteiger partial charge on any atom is 0.262 e. The largest absolute Gasteiger partial charge is 0.497 e. The highest BCUT2D eigenvalue weighted by molar-refractivity contribution is 7.89. The van der Waals surface area contributed by atoms with E-state index in [0.717, 1.165) is 11.4 Å². The first-order valence-corrected chi connectivity index (χ1v) is 14.0. The number of aryl methyl sites for hydroxylation is 1. The first-order chi connectivity index (χ1) is 17.8. The second-order valence-corrected chi connectivity index (χ2v) is 11.6. The lowest BCUT2D eigenvalue weighted by atomic mass is 9.97. The summed E-state index contributed by atoms with van der Waals surface area (Å²) in [6.45, 7) is 4.66. The molecule has 0 aromatic heterocycles. The van der Waals surface area contributed by atoms with Crippen LogP contribution in [0, 0.1) is 12.8 Å². The molecule has 5 rings (SSSR count). The van der Waals surface area contributed by atoms with Crippen LogP contribution in [-0.4, -0.2) is 82.4 Å². The molecule has 0 radical (unpaired) electrons. The van der Waals surface area contributed by atoms with Crippen molar-refractivity contribution in [2.24, 2.45) is 5.92 Å². The molecular weight excluding hydrogens is 496 g/mol. The molecule has 0 bridgehead atoms. The van der Waals surface area contributed by atoms with Gasteiger partial charge < -0.3 is 24.6 Å². The monoisotopic (exact) mass is 528 g/mol. The van der Waals surface area contributed by atoms with E-state index in [1.54, 1.807) is 20.1 Å². The number of methoxy groups -OCH3 is 1. The van der Waals surface area contributed by atoms with Crippen LogP contribution in [0.2, 0.25) is 0 Å². The van der Waals surface area contributed by atoms with E-state index in [-0.39, 0.29) is 35.8 Å². The molecule has 2 amide bonds. The van der Waals surface area contributed by atoms with Crippen molar-refractivity contribution in [2.45, 2.75) is 24.7 Å². The molecule has 37 heavy (non-hydrogen) atoms. The number of nitrogens with zero attached hydrogens (tertiary/aromatic N) is 3. The SMILES string of the molecule is COc1cccc(N2CCN(C(=O)[C@@H]3CCCN(S(=O)(=O)c4cc5c(cc4C)NC(=O)CO5)C3)CC2)c1. The number of amides is 2. The Bertz CT molecular complexity index is 1310. The summed E-state index contributed by atoms with van der Waals surface area (Å²) in [4.78, 5) is 29.2. The minimum Gasteiger partial charge on any atom is -0.497 e. The number of hydrogen-bond donors (Lipinski definition) is 1. The number of piperidine rings is 1. The summed E-state index contributed by atoms with van der Waals surface area (Å²) in [5.41, 5.74) is 2.05. The lowest BCUT2D eigenvalue weighted by Crippen LogP contribution is -2.53. The van der Waals surface area contributed by atoms with Crippen molar-refractivity contribution in [1.82, 2.24) is 9.21 Å². The summed E-state index contributed by atoms with van der Waals surface area (Å²) in [6.07, 6.45) is 1.29. The van der Waals surface area contributed by atoms with Crippen LogP contribution in [0.15, 0.2) is 41.3 Å². The Morgan fingerprint density at radius 3 is 2.65 bits per heavy atom. The molecule has 0 aliphatic carbocycles. The van der Waals surface area contributed by atoms with Gasteiger partial charge in [-0.3, -0.25) is 9.59 Å². The van der Waals surface area contributed by atoms with Crippen molar-refractivity contribution < 1.29 is 27.5 Å². The molecule has 2 saturated heterocycles.